The lowest BCUT2D eigenvalue weighted by Gasteiger charge is -2.29. The van der Waals surface area contributed by atoms with Crippen LogP contribution in [0.25, 0.3) is 11.2 Å². The number of amides is 1. The Kier molecular flexibility index (Phi) is 4.07. The first-order chi connectivity index (χ1) is 11.2. The van der Waals surface area contributed by atoms with Crippen molar-refractivity contribution in [1.82, 2.24) is 19.5 Å². The van der Waals surface area contributed by atoms with Gasteiger partial charge in [-0.3, -0.25) is 0 Å². The molecular weight excluding hydrogens is 304 g/mol. The van der Waals surface area contributed by atoms with Gasteiger partial charge in [-0.1, -0.05) is 6.08 Å². The normalized spacial score (nSPS) is 15.5. The highest BCUT2D eigenvalue weighted by Crippen LogP contribution is 2.26. The molecular formula is C18H24N4O2. The van der Waals surface area contributed by atoms with Crippen molar-refractivity contribution in [3.63, 3.8) is 0 Å². The van der Waals surface area contributed by atoms with Crippen LogP contribution in [-0.4, -0.2) is 44.3 Å². The third-order valence-corrected chi connectivity index (χ3v) is 3.98. The van der Waals surface area contributed by atoms with E-state index >= 15 is 0 Å². The third kappa shape index (κ3) is 3.27. The summed E-state index contributed by atoms with van der Waals surface area (Å²) >= 11 is 0. The van der Waals surface area contributed by atoms with Crippen LogP contribution >= 0.6 is 0 Å². The molecule has 0 spiro atoms. The highest BCUT2D eigenvalue weighted by Gasteiger charge is 2.24. The predicted molar refractivity (Wildman–Crippen MR) is 92.9 cm³/mol. The van der Waals surface area contributed by atoms with Gasteiger partial charge >= 0.3 is 6.09 Å². The number of hydrogen-bond acceptors (Lipinski definition) is 4. The maximum absolute atomic E-state index is 12.2. The standard InChI is InChI=1S/C18H24N4O2/c1-12-10-13(2)22-16(20-12)15(11-19-22)14-6-8-21(9-7-14)17(23)24-18(3,4)5/h6,10-11H,7-9H2,1-5H3. The second-order valence-electron chi connectivity index (χ2n) is 7.24. The molecule has 6 heteroatoms. The smallest absolute Gasteiger partial charge is 0.410 e. The van der Waals surface area contributed by atoms with Crippen LogP contribution in [0.5, 0.6) is 0 Å². The van der Waals surface area contributed by atoms with E-state index in [-0.39, 0.29) is 6.09 Å². The summed E-state index contributed by atoms with van der Waals surface area (Å²) in [5.41, 5.74) is 4.68. The maximum Gasteiger partial charge on any atom is 0.410 e. The van der Waals surface area contributed by atoms with E-state index in [0.29, 0.717) is 13.1 Å². The number of aryl methyl sites for hydroxylation is 2. The van der Waals surface area contributed by atoms with E-state index < -0.39 is 5.60 Å². The van der Waals surface area contributed by atoms with Gasteiger partial charge in [-0.05, 0) is 52.7 Å². The molecule has 24 heavy (non-hydrogen) atoms. The average molecular weight is 328 g/mol. The van der Waals surface area contributed by atoms with Crippen LogP contribution in [0.1, 0.15) is 44.1 Å². The summed E-state index contributed by atoms with van der Waals surface area (Å²) in [5, 5.41) is 4.45. The van der Waals surface area contributed by atoms with Gasteiger partial charge in [0.2, 0.25) is 0 Å². The van der Waals surface area contributed by atoms with Gasteiger partial charge in [0.15, 0.2) is 5.65 Å². The Morgan fingerprint density at radius 1 is 1.29 bits per heavy atom. The number of ether oxygens (including phenoxy) is 1. The van der Waals surface area contributed by atoms with Crippen LogP contribution in [0, 0.1) is 13.8 Å². The number of aromatic nitrogens is 3. The zero-order chi connectivity index (χ0) is 17.5. The van der Waals surface area contributed by atoms with Crippen molar-refractivity contribution < 1.29 is 9.53 Å². The fourth-order valence-electron chi connectivity index (χ4n) is 2.90. The summed E-state index contributed by atoms with van der Waals surface area (Å²) in [7, 11) is 0. The van der Waals surface area contributed by atoms with E-state index in [0.717, 1.165) is 29.0 Å². The first-order valence-corrected chi connectivity index (χ1v) is 8.24. The Labute approximate surface area is 142 Å². The molecule has 0 bridgehead atoms. The summed E-state index contributed by atoms with van der Waals surface area (Å²) in [5.74, 6) is 0. The van der Waals surface area contributed by atoms with E-state index in [1.54, 1.807) is 4.90 Å². The number of nitrogens with zero attached hydrogens (tertiary/aromatic N) is 4. The van der Waals surface area contributed by atoms with Gasteiger partial charge in [0, 0.05) is 30.0 Å². The molecule has 2 aromatic heterocycles. The van der Waals surface area contributed by atoms with Gasteiger partial charge in [0.05, 0.1) is 6.20 Å². The molecule has 1 amide bonds. The summed E-state index contributed by atoms with van der Waals surface area (Å²) in [4.78, 5) is 18.5. The van der Waals surface area contributed by atoms with Crippen molar-refractivity contribution in [2.75, 3.05) is 13.1 Å². The van der Waals surface area contributed by atoms with E-state index in [1.165, 1.54) is 5.57 Å². The molecule has 2 aromatic rings. The predicted octanol–water partition coefficient (Wildman–Crippen LogP) is 3.37. The molecule has 0 fully saturated rings. The van der Waals surface area contributed by atoms with Crippen LogP contribution in [-0.2, 0) is 4.74 Å². The molecule has 0 aliphatic carbocycles. The lowest BCUT2D eigenvalue weighted by molar-refractivity contribution is 0.0270. The zero-order valence-electron chi connectivity index (χ0n) is 15.0. The highest BCUT2D eigenvalue weighted by atomic mass is 16.6. The monoisotopic (exact) mass is 328 g/mol. The SMILES string of the molecule is Cc1cc(C)n2ncc(C3=CCN(C(=O)OC(C)(C)C)CC3)c2n1. The molecule has 0 radical (unpaired) electrons. The molecule has 3 heterocycles. The molecule has 3 rings (SSSR count). The minimum Gasteiger partial charge on any atom is -0.444 e. The van der Waals surface area contributed by atoms with E-state index in [2.05, 4.69) is 16.2 Å². The minimum absolute atomic E-state index is 0.262. The van der Waals surface area contributed by atoms with Gasteiger partial charge in [-0.2, -0.15) is 5.10 Å². The van der Waals surface area contributed by atoms with Crippen molar-refractivity contribution in [2.45, 2.75) is 46.6 Å². The molecule has 0 saturated carbocycles. The fourth-order valence-corrected chi connectivity index (χ4v) is 2.90. The molecule has 0 N–H and O–H groups in total. The van der Waals surface area contributed by atoms with Gasteiger partial charge in [-0.25, -0.2) is 14.3 Å². The van der Waals surface area contributed by atoms with Gasteiger partial charge < -0.3 is 9.64 Å². The molecule has 0 aromatic carbocycles. The summed E-state index contributed by atoms with van der Waals surface area (Å²) in [6.45, 7) is 10.8. The Bertz CT molecular complexity index is 814. The van der Waals surface area contributed by atoms with Crippen molar-refractivity contribution in [1.29, 1.82) is 0 Å². The second-order valence-corrected chi connectivity index (χ2v) is 7.24. The van der Waals surface area contributed by atoms with Crippen LogP contribution in [0.2, 0.25) is 0 Å². The van der Waals surface area contributed by atoms with Gasteiger partial charge in [-0.15, -0.1) is 0 Å². The van der Waals surface area contributed by atoms with Gasteiger partial charge in [0.25, 0.3) is 0 Å². The van der Waals surface area contributed by atoms with Crippen molar-refractivity contribution >= 4 is 17.3 Å². The zero-order valence-corrected chi connectivity index (χ0v) is 15.0. The first-order valence-electron chi connectivity index (χ1n) is 8.24. The van der Waals surface area contributed by atoms with Crippen molar-refractivity contribution in [3.05, 3.63) is 35.3 Å². The van der Waals surface area contributed by atoms with E-state index in [9.17, 15) is 4.79 Å². The number of carbonyl (C=O) groups excluding carboxylic acids is 1. The Hall–Kier alpha value is -2.37. The molecule has 0 atom stereocenters. The Morgan fingerprint density at radius 3 is 2.67 bits per heavy atom. The second kappa shape index (κ2) is 5.92. The number of hydrogen-bond donors (Lipinski definition) is 0. The molecule has 128 valence electrons. The topological polar surface area (TPSA) is 59.7 Å². The molecule has 6 nitrogen and oxygen atoms in total. The molecule has 1 aliphatic heterocycles. The third-order valence-electron chi connectivity index (χ3n) is 3.98. The van der Waals surface area contributed by atoms with Crippen LogP contribution in [0.4, 0.5) is 4.79 Å². The molecule has 0 saturated heterocycles. The van der Waals surface area contributed by atoms with Gasteiger partial charge in [0.1, 0.15) is 5.60 Å². The van der Waals surface area contributed by atoms with Crippen LogP contribution in [0.3, 0.4) is 0 Å². The number of fused-ring (bicyclic) bond motifs is 1. The minimum atomic E-state index is -0.470. The average Bonchev–Trinajstić information content (AvgIpc) is 2.89. The van der Waals surface area contributed by atoms with E-state index in [1.807, 2.05) is 51.4 Å². The van der Waals surface area contributed by atoms with Crippen molar-refractivity contribution in [3.8, 4) is 0 Å². The summed E-state index contributed by atoms with van der Waals surface area (Å²) < 4.78 is 7.30. The Balaban J connectivity index is 1.82. The Morgan fingerprint density at radius 2 is 2.04 bits per heavy atom. The quantitative estimate of drug-likeness (QED) is 0.805. The fraction of sp³-hybridized carbons (Fsp3) is 0.500. The van der Waals surface area contributed by atoms with Crippen LogP contribution < -0.4 is 0 Å². The maximum atomic E-state index is 12.2. The van der Waals surface area contributed by atoms with Crippen LogP contribution in [0.15, 0.2) is 18.3 Å². The van der Waals surface area contributed by atoms with Crippen molar-refractivity contribution in [2.24, 2.45) is 0 Å². The molecule has 0 unspecified atom stereocenters. The largest absolute Gasteiger partial charge is 0.444 e. The summed E-state index contributed by atoms with van der Waals surface area (Å²) in [6, 6.07) is 2.02. The first kappa shape index (κ1) is 16.5. The van der Waals surface area contributed by atoms with E-state index in [4.69, 9.17) is 4.74 Å². The summed E-state index contributed by atoms with van der Waals surface area (Å²) in [6.07, 6.45) is 4.45. The lowest BCUT2D eigenvalue weighted by atomic mass is 10.0. The molecule has 1 aliphatic rings. The lowest BCUT2D eigenvalue weighted by Crippen LogP contribution is -2.39. The number of rotatable bonds is 1. The number of carbonyl (C=O) groups is 1. The highest BCUT2D eigenvalue weighted by molar-refractivity contribution is 5.78.